The zero-order chi connectivity index (χ0) is 19.8. The molecule has 0 saturated carbocycles. The number of nitrogens with one attached hydrogen (secondary N) is 1. The second-order valence-electron chi connectivity index (χ2n) is 7.31. The topological polar surface area (TPSA) is 58.6 Å². The lowest BCUT2D eigenvalue weighted by Gasteiger charge is -2.22. The van der Waals surface area contributed by atoms with Crippen LogP contribution in [0.5, 0.6) is 5.75 Å². The highest BCUT2D eigenvalue weighted by Gasteiger charge is 2.16. The first-order valence-corrected chi connectivity index (χ1v) is 10.0. The van der Waals surface area contributed by atoms with Gasteiger partial charge in [0.1, 0.15) is 5.75 Å². The third-order valence-corrected chi connectivity index (χ3v) is 5.28. The summed E-state index contributed by atoms with van der Waals surface area (Å²) in [4.78, 5) is 10.6. The number of carboxylic acids is 1. The Labute approximate surface area is 167 Å². The van der Waals surface area contributed by atoms with Crippen LogP contribution in [0.2, 0.25) is 0 Å². The Morgan fingerprint density at radius 1 is 1.14 bits per heavy atom. The lowest BCUT2D eigenvalue weighted by Crippen LogP contribution is -2.22. The molecule has 28 heavy (non-hydrogen) atoms. The molecule has 148 valence electrons. The van der Waals surface area contributed by atoms with E-state index in [-0.39, 0.29) is 6.42 Å². The maximum atomic E-state index is 10.6. The minimum atomic E-state index is -0.761. The van der Waals surface area contributed by atoms with E-state index in [1.807, 2.05) is 6.07 Å². The molecule has 0 aromatic heterocycles. The van der Waals surface area contributed by atoms with Crippen molar-refractivity contribution >= 4 is 11.5 Å². The predicted molar refractivity (Wildman–Crippen MR) is 113 cm³/mol. The minimum absolute atomic E-state index is 0.161. The number of allylic oxidation sites excluding steroid dienone is 1. The number of aryl methyl sites for hydroxylation is 2. The standard InChI is InChI=1S/C24H29NO3/c1-18-21(17-25-14-13-24(26)27)10-9-20-16-22(11-12-23(18)20)28-15-5-8-19-6-3-2-4-7-19/h2-4,6-7,11-12,16,25H,5,8-10,13-15,17H2,1H3,(H,26,27). The van der Waals surface area contributed by atoms with Gasteiger partial charge in [0.05, 0.1) is 13.0 Å². The smallest absolute Gasteiger partial charge is 0.304 e. The Hall–Kier alpha value is -2.59. The molecule has 0 amide bonds. The molecule has 0 radical (unpaired) electrons. The maximum absolute atomic E-state index is 10.6. The minimum Gasteiger partial charge on any atom is -0.494 e. The Morgan fingerprint density at radius 3 is 2.75 bits per heavy atom. The van der Waals surface area contributed by atoms with Gasteiger partial charge in [-0.05, 0) is 67.0 Å². The largest absolute Gasteiger partial charge is 0.494 e. The van der Waals surface area contributed by atoms with Crippen LogP contribution >= 0.6 is 0 Å². The van der Waals surface area contributed by atoms with E-state index in [0.717, 1.165) is 44.6 Å². The number of fused-ring (bicyclic) bond motifs is 1. The fraction of sp³-hybridized carbons (Fsp3) is 0.375. The van der Waals surface area contributed by atoms with Gasteiger partial charge < -0.3 is 15.2 Å². The van der Waals surface area contributed by atoms with Crippen molar-refractivity contribution in [2.45, 2.75) is 39.0 Å². The molecule has 0 spiro atoms. The van der Waals surface area contributed by atoms with E-state index < -0.39 is 5.97 Å². The molecule has 0 saturated heterocycles. The van der Waals surface area contributed by atoms with E-state index in [1.54, 1.807) is 0 Å². The highest BCUT2D eigenvalue weighted by Crippen LogP contribution is 2.33. The van der Waals surface area contributed by atoms with E-state index in [4.69, 9.17) is 9.84 Å². The summed E-state index contributed by atoms with van der Waals surface area (Å²) in [6.07, 6.45) is 4.21. The molecular formula is C24H29NO3. The lowest BCUT2D eigenvalue weighted by molar-refractivity contribution is -0.136. The van der Waals surface area contributed by atoms with Gasteiger partial charge in [0.15, 0.2) is 0 Å². The van der Waals surface area contributed by atoms with Crippen molar-refractivity contribution in [3.8, 4) is 5.75 Å². The van der Waals surface area contributed by atoms with Crippen LogP contribution in [0.1, 0.15) is 42.9 Å². The van der Waals surface area contributed by atoms with Crippen LogP contribution in [0.15, 0.2) is 54.1 Å². The quantitative estimate of drug-likeness (QED) is 0.598. The Balaban J connectivity index is 1.51. The first-order valence-electron chi connectivity index (χ1n) is 10.0. The molecule has 3 rings (SSSR count). The third kappa shape index (κ3) is 5.70. The number of carboxylic acid groups (broad SMARTS) is 1. The maximum Gasteiger partial charge on any atom is 0.304 e. The second kappa shape index (κ2) is 10.1. The summed E-state index contributed by atoms with van der Waals surface area (Å²) >= 11 is 0. The van der Waals surface area contributed by atoms with Crippen LogP contribution in [0.25, 0.3) is 5.57 Å². The van der Waals surface area contributed by atoms with Gasteiger partial charge in [-0.25, -0.2) is 0 Å². The molecule has 2 aromatic carbocycles. The van der Waals surface area contributed by atoms with Gasteiger partial charge in [-0.1, -0.05) is 42.0 Å². The predicted octanol–water partition coefficient (Wildman–Crippen LogP) is 4.48. The summed E-state index contributed by atoms with van der Waals surface area (Å²) in [5, 5.41) is 12.0. The van der Waals surface area contributed by atoms with Crippen LogP contribution in [0.3, 0.4) is 0 Å². The van der Waals surface area contributed by atoms with E-state index in [9.17, 15) is 4.79 Å². The van der Waals surface area contributed by atoms with Gasteiger partial charge >= 0.3 is 5.97 Å². The molecule has 0 fully saturated rings. The van der Waals surface area contributed by atoms with E-state index in [0.29, 0.717) is 6.54 Å². The summed E-state index contributed by atoms with van der Waals surface area (Å²) < 4.78 is 5.97. The fourth-order valence-corrected chi connectivity index (χ4v) is 3.66. The van der Waals surface area contributed by atoms with Crippen molar-refractivity contribution in [3.63, 3.8) is 0 Å². The van der Waals surface area contributed by atoms with Crippen molar-refractivity contribution in [1.82, 2.24) is 5.32 Å². The number of rotatable bonds is 10. The van der Waals surface area contributed by atoms with Crippen LogP contribution < -0.4 is 10.1 Å². The van der Waals surface area contributed by atoms with Crippen LogP contribution in [0.4, 0.5) is 0 Å². The first-order chi connectivity index (χ1) is 13.6. The fourth-order valence-electron chi connectivity index (χ4n) is 3.66. The van der Waals surface area contributed by atoms with Gasteiger partial charge in [-0.15, -0.1) is 0 Å². The van der Waals surface area contributed by atoms with E-state index in [1.165, 1.54) is 27.8 Å². The summed E-state index contributed by atoms with van der Waals surface area (Å²) in [6, 6.07) is 16.9. The van der Waals surface area contributed by atoms with Crippen molar-refractivity contribution in [1.29, 1.82) is 0 Å². The summed E-state index contributed by atoms with van der Waals surface area (Å²) in [7, 11) is 0. The molecule has 0 bridgehead atoms. The lowest BCUT2D eigenvalue weighted by atomic mass is 9.86. The number of carbonyl (C=O) groups is 1. The number of ether oxygens (including phenoxy) is 1. The van der Waals surface area contributed by atoms with Gasteiger partial charge in [-0.3, -0.25) is 4.79 Å². The Kier molecular flexibility index (Phi) is 7.26. The van der Waals surface area contributed by atoms with Crippen molar-refractivity contribution in [2.24, 2.45) is 0 Å². The number of hydrogen-bond acceptors (Lipinski definition) is 3. The first kappa shape index (κ1) is 20.2. The number of hydrogen-bond donors (Lipinski definition) is 2. The van der Waals surface area contributed by atoms with Gasteiger partial charge in [0.25, 0.3) is 0 Å². The Morgan fingerprint density at radius 2 is 1.96 bits per heavy atom. The van der Waals surface area contributed by atoms with E-state index >= 15 is 0 Å². The molecule has 0 heterocycles. The average molecular weight is 380 g/mol. The summed E-state index contributed by atoms with van der Waals surface area (Å²) in [5.74, 6) is 0.186. The van der Waals surface area contributed by atoms with Crippen molar-refractivity contribution in [2.75, 3.05) is 19.7 Å². The highest BCUT2D eigenvalue weighted by atomic mass is 16.5. The van der Waals surface area contributed by atoms with Crippen molar-refractivity contribution in [3.05, 3.63) is 70.8 Å². The molecule has 0 atom stereocenters. The summed E-state index contributed by atoms with van der Waals surface area (Å²) in [6.45, 7) is 4.15. The van der Waals surface area contributed by atoms with E-state index in [2.05, 4.69) is 54.7 Å². The van der Waals surface area contributed by atoms with Gasteiger partial charge in [-0.2, -0.15) is 0 Å². The average Bonchev–Trinajstić information content (AvgIpc) is 2.70. The molecule has 1 aliphatic carbocycles. The molecule has 0 aliphatic heterocycles. The third-order valence-electron chi connectivity index (χ3n) is 5.28. The number of benzene rings is 2. The van der Waals surface area contributed by atoms with Crippen molar-refractivity contribution < 1.29 is 14.6 Å². The normalized spacial score (nSPS) is 13.3. The monoisotopic (exact) mass is 379 g/mol. The molecule has 2 N–H and O–H groups in total. The number of aliphatic carboxylic acids is 1. The van der Waals surface area contributed by atoms with Crippen LogP contribution in [0, 0.1) is 0 Å². The molecular weight excluding hydrogens is 350 g/mol. The highest BCUT2D eigenvalue weighted by molar-refractivity contribution is 5.72. The zero-order valence-electron chi connectivity index (χ0n) is 16.5. The Bertz CT molecular complexity index is 827. The second-order valence-corrected chi connectivity index (χ2v) is 7.31. The summed E-state index contributed by atoms with van der Waals surface area (Å²) in [5.41, 5.74) is 6.65. The SMILES string of the molecule is CC1=C(CNCCC(=O)O)CCc2cc(OCCCc3ccccc3)ccc21. The molecule has 2 aromatic rings. The van der Waals surface area contributed by atoms with Gasteiger partial charge in [0, 0.05) is 13.1 Å². The molecule has 0 unspecified atom stereocenters. The van der Waals surface area contributed by atoms with Crippen LogP contribution in [-0.4, -0.2) is 30.8 Å². The zero-order valence-corrected chi connectivity index (χ0v) is 16.5. The molecule has 1 aliphatic rings. The molecule has 4 nitrogen and oxygen atoms in total. The van der Waals surface area contributed by atoms with Crippen LogP contribution in [-0.2, 0) is 17.6 Å². The van der Waals surface area contributed by atoms with Gasteiger partial charge in [0.2, 0.25) is 0 Å². The molecule has 4 heteroatoms.